The molecule has 1 N–H and O–H groups in total. The lowest BCUT2D eigenvalue weighted by molar-refractivity contribution is 0.0604. The number of aromatic nitrogens is 4. The average Bonchev–Trinajstić information content (AvgIpc) is 3.63. The lowest BCUT2D eigenvalue weighted by atomic mass is 10.00. The third kappa shape index (κ3) is 4.97. The predicted molar refractivity (Wildman–Crippen MR) is 139 cm³/mol. The molecule has 0 spiro atoms. The van der Waals surface area contributed by atoms with Gasteiger partial charge in [-0.15, -0.1) is 38.1 Å². The van der Waals surface area contributed by atoms with Crippen LogP contribution in [0, 0.1) is 0 Å². The number of tetrazole rings is 1. The third-order valence-electron chi connectivity index (χ3n) is 6.21. The molecule has 3 heterocycles. The molecule has 1 aliphatic rings. The highest BCUT2D eigenvalue weighted by atomic mass is 32.2. The SMILES string of the molecule is CSc1ccc(C(=O)N2CCCCC2c2nnn(-c3cccc(C(O)C(=O)c4ccccc4)c3)n2)s1. The fraction of sp³-hybridized carbons (Fsp3) is 0.269. The summed E-state index contributed by atoms with van der Waals surface area (Å²) in [5, 5.41) is 23.8. The van der Waals surface area contributed by atoms with Gasteiger partial charge in [0, 0.05) is 12.1 Å². The molecule has 1 saturated heterocycles. The largest absolute Gasteiger partial charge is 0.380 e. The number of nitrogens with zero attached hydrogens (tertiary/aromatic N) is 5. The van der Waals surface area contributed by atoms with Crippen LogP contribution >= 0.6 is 23.1 Å². The summed E-state index contributed by atoms with van der Waals surface area (Å²) in [5.41, 5.74) is 1.45. The van der Waals surface area contributed by atoms with Gasteiger partial charge in [0.15, 0.2) is 11.6 Å². The molecule has 0 aliphatic carbocycles. The average molecular weight is 520 g/mol. The molecule has 4 aromatic rings. The molecule has 1 amide bonds. The van der Waals surface area contributed by atoms with Crippen molar-refractivity contribution in [2.45, 2.75) is 35.6 Å². The van der Waals surface area contributed by atoms with Gasteiger partial charge < -0.3 is 10.0 Å². The van der Waals surface area contributed by atoms with E-state index in [0.717, 1.165) is 23.5 Å². The molecule has 2 atom stereocenters. The summed E-state index contributed by atoms with van der Waals surface area (Å²) < 4.78 is 1.10. The van der Waals surface area contributed by atoms with Crippen molar-refractivity contribution in [1.29, 1.82) is 0 Å². The minimum absolute atomic E-state index is 0.00843. The minimum atomic E-state index is -1.31. The highest BCUT2D eigenvalue weighted by Crippen LogP contribution is 2.33. The Bertz CT molecular complexity index is 1370. The van der Waals surface area contributed by atoms with Gasteiger partial charge in [-0.25, -0.2) is 0 Å². The first-order valence-electron chi connectivity index (χ1n) is 11.7. The zero-order chi connectivity index (χ0) is 25.1. The summed E-state index contributed by atoms with van der Waals surface area (Å²) in [6.45, 7) is 0.647. The van der Waals surface area contributed by atoms with E-state index in [4.69, 9.17) is 0 Å². The molecule has 1 aliphatic heterocycles. The number of hydrogen-bond acceptors (Lipinski definition) is 8. The van der Waals surface area contributed by atoms with E-state index in [-0.39, 0.29) is 17.7 Å². The zero-order valence-corrected chi connectivity index (χ0v) is 21.3. The van der Waals surface area contributed by atoms with Crippen molar-refractivity contribution in [2.24, 2.45) is 0 Å². The van der Waals surface area contributed by atoms with E-state index >= 15 is 0 Å². The third-order valence-corrected chi connectivity index (χ3v) is 8.36. The molecule has 0 bridgehead atoms. The van der Waals surface area contributed by atoms with Gasteiger partial charge in [-0.1, -0.05) is 42.5 Å². The summed E-state index contributed by atoms with van der Waals surface area (Å²) in [6.07, 6.45) is 3.37. The quantitative estimate of drug-likeness (QED) is 0.278. The summed E-state index contributed by atoms with van der Waals surface area (Å²) in [7, 11) is 0. The fourth-order valence-corrected chi connectivity index (χ4v) is 5.83. The Labute approximate surface area is 217 Å². The van der Waals surface area contributed by atoms with Gasteiger partial charge >= 0.3 is 0 Å². The van der Waals surface area contributed by atoms with E-state index < -0.39 is 6.10 Å². The van der Waals surface area contributed by atoms with Gasteiger partial charge in [-0.2, -0.15) is 0 Å². The molecule has 10 heteroatoms. The van der Waals surface area contributed by atoms with E-state index in [0.29, 0.717) is 34.1 Å². The molecule has 0 radical (unpaired) electrons. The normalized spacial score (nSPS) is 16.6. The van der Waals surface area contributed by atoms with E-state index in [1.165, 1.54) is 16.1 Å². The van der Waals surface area contributed by atoms with Gasteiger partial charge in [0.25, 0.3) is 5.91 Å². The van der Waals surface area contributed by atoms with Crippen LogP contribution in [-0.4, -0.2) is 54.7 Å². The molecule has 5 rings (SSSR count). The van der Waals surface area contributed by atoms with Crippen LogP contribution in [0.15, 0.2) is 70.9 Å². The standard InChI is InChI=1S/C26H25N5O3S2/c1-35-22-14-13-21(36-22)26(34)30-15-6-5-12-20(30)25-27-29-31(28-25)19-11-7-10-18(16-19)24(33)23(32)17-8-3-2-4-9-17/h2-4,7-11,13-14,16,20,24,33H,5-6,12,15H2,1H3. The van der Waals surface area contributed by atoms with Crippen molar-refractivity contribution in [3.63, 3.8) is 0 Å². The van der Waals surface area contributed by atoms with Gasteiger partial charge in [0.05, 0.1) is 20.8 Å². The molecule has 1 fully saturated rings. The summed E-state index contributed by atoms with van der Waals surface area (Å²) in [4.78, 5) is 29.9. The van der Waals surface area contributed by atoms with Gasteiger partial charge in [0.2, 0.25) is 0 Å². The number of piperidine rings is 1. The molecular formula is C26H25N5O3S2. The second-order valence-electron chi connectivity index (χ2n) is 8.50. The molecule has 2 unspecified atom stereocenters. The van der Waals surface area contributed by atoms with Crippen LogP contribution in [0.5, 0.6) is 0 Å². The molecule has 2 aromatic heterocycles. The molecule has 0 saturated carbocycles. The minimum Gasteiger partial charge on any atom is -0.380 e. The Morgan fingerprint density at radius 3 is 2.69 bits per heavy atom. The Balaban J connectivity index is 1.37. The lowest BCUT2D eigenvalue weighted by Crippen LogP contribution is -2.38. The van der Waals surface area contributed by atoms with Crippen molar-refractivity contribution in [3.05, 3.63) is 88.6 Å². The van der Waals surface area contributed by atoms with Crippen LogP contribution in [-0.2, 0) is 0 Å². The molecule has 2 aromatic carbocycles. The fourth-order valence-electron chi connectivity index (χ4n) is 4.33. The number of aliphatic hydroxyl groups is 1. The van der Waals surface area contributed by atoms with Crippen molar-refractivity contribution in [2.75, 3.05) is 12.8 Å². The van der Waals surface area contributed by atoms with Crippen molar-refractivity contribution in [3.8, 4) is 5.69 Å². The highest BCUT2D eigenvalue weighted by Gasteiger charge is 2.32. The lowest BCUT2D eigenvalue weighted by Gasteiger charge is -2.33. The van der Waals surface area contributed by atoms with E-state index in [1.807, 2.05) is 29.4 Å². The second-order valence-corrected chi connectivity index (χ2v) is 10.7. The summed E-state index contributed by atoms with van der Waals surface area (Å²) >= 11 is 3.12. The number of amides is 1. The van der Waals surface area contributed by atoms with Crippen molar-refractivity contribution < 1.29 is 14.7 Å². The number of carbonyl (C=O) groups is 2. The van der Waals surface area contributed by atoms with Gasteiger partial charge in [-0.05, 0) is 60.6 Å². The smallest absolute Gasteiger partial charge is 0.264 e. The Morgan fingerprint density at radius 2 is 1.92 bits per heavy atom. The van der Waals surface area contributed by atoms with Crippen LogP contribution < -0.4 is 0 Å². The van der Waals surface area contributed by atoms with Crippen LogP contribution in [0.4, 0.5) is 0 Å². The number of benzene rings is 2. The van der Waals surface area contributed by atoms with E-state index in [2.05, 4.69) is 15.4 Å². The maximum Gasteiger partial charge on any atom is 0.264 e. The summed E-state index contributed by atoms with van der Waals surface area (Å²) in [5.74, 6) is 0.0939. The zero-order valence-electron chi connectivity index (χ0n) is 19.7. The van der Waals surface area contributed by atoms with Crippen LogP contribution in [0.3, 0.4) is 0 Å². The number of ketones is 1. The monoisotopic (exact) mass is 519 g/mol. The predicted octanol–water partition coefficient (Wildman–Crippen LogP) is 4.73. The second kappa shape index (κ2) is 10.7. The Morgan fingerprint density at radius 1 is 1.08 bits per heavy atom. The number of carbonyl (C=O) groups excluding carboxylic acids is 2. The number of thioether (sulfide) groups is 1. The topological polar surface area (TPSA) is 101 Å². The number of aliphatic hydroxyl groups excluding tert-OH is 1. The molecule has 36 heavy (non-hydrogen) atoms. The van der Waals surface area contributed by atoms with Gasteiger partial charge in [0.1, 0.15) is 6.10 Å². The number of Topliss-reactive ketones (excluding diaryl/α,β-unsaturated/α-hetero) is 1. The first-order valence-corrected chi connectivity index (χ1v) is 13.7. The highest BCUT2D eigenvalue weighted by molar-refractivity contribution is 8.00. The maximum absolute atomic E-state index is 13.3. The van der Waals surface area contributed by atoms with Crippen molar-refractivity contribution >= 4 is 34.8 Å². The number of thiophene rings is 1. The maximum atomic E-state index is 13.3. The van der Waals surface area contributed by atoms with Crippen molar-refractivity contribution in [1.82, 2.24) is 25.1 Å². The number of hydrogen-bond donors (Lipinski definition) is 1. The number of likely N-dealkylation sites (tertiary alicyclic amines) is 1. The van der Waals surface area contributed by atoms with Crippen LogP contribution in [0.2, 0.25) is 0 Å². The van der Waals surface area contributed by atoms with Gasteiger partial charge in [-0.3, -0.25) is 9.59 Å². The van der Waals surface area contributed by atoms with Crippen LogP contribution in [0.25, 0.3) is 5.69 Å². The first kappa shape index (κ1) is 24.4. The van der Waals surface area contributed by atoms with Crippen LogP contribution in [0.1, 0.15) is 62.8 Å². The van der Waals surface area contributed by atoms with E-state index in [1.54, 1.807) is 60.3 Å². The van der Waals surface area contributed by atoms with E-state index in [9.17, 15) is 14.7 Å². The Kier molecular flexibility index (Phi) is 7.26. The molecule has 184 valence electrons. The molecule has 8 nitrogen and oxygen atoms in total. The molecular weight excluding hydrogens is 494 g/mol. The number of rotatable bonds is 7. The summed E-state index contributed by atoms with van der Waals surface area (Å²) in [6, 6.07) is 19.2. The Hall–Kier alpha value is -3.34. The first-order chi connectivity index (χ1) is 17.5.